The highest BCUT2D eigenvalue weighted by Crippen LogP contribution is 2.30. The van der Waals surface area contributed by atoms with Gasteiger partial charge < -0.3 is 24.8 Å². The van der Waals surface area contributed by atoms with Crippen molar-refractivity contribution in [2.75, 3.05) is 36.4 Å². The lowest BCUT2D eigenvalue weighted by Crippen LogP contribution is -2.46. The van der Waals surface area contributed by atoms with Gasteiger partial charge in [0.1, 0.15) is 5.82 Å². The van der Waals surface area contributed by atoms with Crippen molar-refractivity contribution in [3.8, 4) is 0 Å². The Morgan fingerprint density at radius 1 is 1.06 bits per heavy atom. The van der Waals surface area contributed by atoms with Crippen molar-refractivity contribution in [1.29, 1.82) is 0 Å². The molecule has 3 unspecified atom stereocenters. The number of piperidine rings is 1. The first-order valence-electron chi connectivity index (χ1n) is 12.2. The lowest BCUT2D eigenvalue weighted by molar-refractivity contribution is -0.144. The Kier molecular flexibility index (Phi) is 6.47. The number of nitrogens with one attached hydrogen (secondary N) is 2. The van der Waals surface area contributed by atoms with Gasteiger partial charge in [0, 0.05) is 49.0 Å². The average molecular weight is 479 g/mol. The number of hydrogen-bond acceptors (Lipinski definition) is 4. The molecule has 184 valence electrons. The Morgan fingerprint density at radius 2 is 1.83 bits per heavy atom. The van der Waals surface area contributed by atoms with E-state index in [1.165, 1.54) is 6.07 Å². The number of anilines is 2. The van der Waals surface area contributed by atoms with Gasteiger partial charge in [-0.05, 0) is 62.4 Å². The predicted molar refractivity (Wildman–Crippen MR) is 134 cm³/mol. The number of hydrogen-bond donors (Lipinski definition) is 2. The number of amides is 2. The molecule has 0 bridgehead atoms. The monoisotopic (exact) mass is 478 g/mol. The number of rotatable bonds is 3. The number of morpholine rings is 1. The molecule has 7 nitrogen and oxygen atoms in total. The minimum Gasteiger partial charge on any atom is -0.372 e. The molecular formula is C27H31FN4O3. The number of fused-ring (bicyclic) bond motifs is 1. The van der Waals surface area contributed by atoms with Gasteiger partial charge in [0.2, 0.25) is 0 Å². The van der Waals surface area contributed by atoms with E-state index in [2.05, 4.69) is 22.4 Å². The van der Waals surface area contributed by atoms with Crippen LogP contribution in [-0.2, 0) is 14.3 Å². The summed E-state index contributed by atoms with van der Waals surface area (Å²) in [6.45, 7) is 6.12. The zero-order valence-electron chi connectivity index (χ0n) is 20.1. The number of ether oxygens (including phenoxy) is 1. The highest BCUT2D eigenvalue weighted by molar-refractivity contribution is 6.39. The van der Waals surface area contributed by atoms with Crippen molar-refractivity contribution >= 4 is 34.1 Å². The lowest BCUT2D eigenvalue weighted by atomic mass is 9.94. The third-order valence-corrected chi connectivity index (χ3v) is 6.86. The van der Waals surface area contributed by atoms with Gasteiger partial charge >= 0.3 is 11.8 Å². The number of likely N-dealkylation sites (tertiary alicyclic amines) is 1. The van der Waals surface area contributed by atoms with E-state index in [-0.39, 0.29) is 23.8 Å². The van der Waals surface area contributed by atoms with E-state index in [1.807, 2.05) is 36.9 Å². The van der Waals surface area contributed by atoms with E-state index in [4.69, 9.17) is 4.74 Å². The van der Waals surface area contributed by atoms with E-state index in [1.54, 1.807) is 17.0 Å². The number of para-hydroxylation sites is 1. The molecule has 2 N–H and O–H groups in total. The van der Waals surface area contributed by atoms with E-state index in [9.17, 15) is 14.0 Å². The largest absolute Gasteiger partial charge is 0.372 e. The fourth-order valence-electron chi connectivity index (χ4n) is 5.28. The minimum atomic E-state index is -0.747. The smallest absolute Gasteiger partial charge is 0.313 e. The quantitative estimate of drug-likeness (QED) is 0.552. The second-order valence-corrected chi connectivity index (χ2v) is 9.68. The van der Waals surface area contributed by atoms with Crippen LogP contribution in [0.5, 0.6) is 0 Å². The van der Waals surface area contributed by atoms with E-state index in [0.29, 0.717) is 31.9 Å². The Hall–Kier alpha value is -3.39. The summed E-state index contributed by atoms with van der Waals surface area (Å²) in [7, 11) is 0. The number of aromatic amines is 1. The number of H-pyrrole nitrogens is 1. The summed E-state index contributed by atoms with van der Waals surface area (Å²) in [6.07, 6.45) is 1.78. The molecule has 2 aliphatic rings. The van der Waals surface area contributed by atoms with Crippen LogP contribution in [0.1, 0.15) is 38.3 Å². The molecule has 5 rings (SSSR count). The number of benzene rings is 2. The van der Waals surface area contributed by atoms with Crippen LogP contribution in [0.25, 0.3) is 10.9 Å². The second kappa shape index (κ2) is 9.70. The van der Waals surface area contributed by atoms with Crippen LogP contribution < -0.4 is 10.2 Å². The molecule has 3 heterocycles. The van der Waals surface area contributed by atoms with Crippen LogP contribution in [0.2, 0.25) is 0 Å². The fraction of sp³-hybridized carbons (Fsp3) is 0.407. The fourth-order valence-corrected chi connectivity index (χ4v) is 5.28. The van der Waals surface area contributed by atoms with Crippen LogP contribution in [0.3, 0.4) is 0 Å². The van der Waals surface area contributed by atoms with Crippen LogP contribution in [0.4, 0.5) is 15.8 Å². The molecule has 2 fully saturated rings. The molecule has 8 heteroatoms. The topological polar surface area (TPSA) is 77.7 Å². The summed E-state index contributed by atoms with van der Waals surface area (Å²) in [5, 5.41) is 3.72. The molecular weight excluding hydrogens is 447 g/mol. The first-order chi connectivity index (χ1) is 16.9. The summed E-state index contributed by atoms with van der Waals surface area (Å²) in [6, 6.07) is 14.7. The molecule has 3 atom stereocenters. The standard InChI is InChI=1S/C27H31FN4O3/c1-17-14-32(15-18(2)35-17)25-10-9-21(13-22(25)28)29-26(33)27(34)31-11-5-7-20(16-31)24-12-19-6-3-4-8-23(19)30-24/h3-4,6,8-10,12-13,17-18,20,30H,5,7,11,14-16H2,1-2H3,(H,29,33). The molecule has 2 aromatic carbocycles. The van der Waals surface area contributed by atoms with Crippen LogP contribution in [-0.4, -0.2) is 60.1 Å². The SMILES string of the molecule is CC1CN(c2ccc(NC(=O)C(=O)N3CCCC(c4cc5ccccc5[nH]4)C3)cc2F)CC(C)O1. The van der Waals surface area contributed by atoms with Crippen molar-refractivity contribution in [3.05, 3.63) is 60.0 Å². The van der Waals surface area contributed by atoms with E-state index < -0.39 is 17.6 Å². The van der Waals surface area contributed by atoms with Crippen molar-refractivity contribution < 1.29 is 18.7 Å². The average Bonchev–Trinajstić information content (AvgIpc) is 3.27. The maximum atomic E-state index is 14.9. The zero-order valence-corrected chi connectivity index (χ0v) is 20.1. The van der Waals surface area contributed by atoms with Gasteiger partial charge in [-0.25, -0.2) is 4.39 Å². The van der Waals surface area contributed by atoms with E-state index >= 15 is 0 Å². The summed E-state index contributed by atoms with van der Waals surface area (Å²) >= 11 is 0. The lowest BCUT2D eigenvalue weighted by Gasteiger charge is -2.37. The molecule has 0 aliphatic carbocycles. The van der Waals surface area contributed by atoms with Gasteiger partial charge in [-0.1, -0.05) is 18.2 Å². The van der Waals surface area contributed by atoms with Gasteiger partial charge in [0.05, 0.1) is 17.9 Å². The van der Waals surface area contributed by atoms with Crippen molar-refractivity contribution in [2.24, 2.45) is 0 Å². The normalized spacial score (nSPS) is 22.9. The number of nitrogens with zero attached hydrogens (tertiary/aromatic N) is 2. The molecule has 1 aromatic heterocycles. The molecule has 0 spiro atoms. The van der Waals surface area contributed by atoms with E-state index in [0.717, 1.165) is 29.4 Å². The third kappa shape index (κ3) is 5.03. The Morgan fingerprint density at radius 3 is 2.57 bits per heavy atom. The molecule has 0 radical (unpaired) electrons. The summed E-state index contributed by atoms with van der Waals surface area (Å²) in [4.78, 5) is 32.6. The first-order valence-corrected chi connectivity index (χ1v) is 12.2. The maximum Gasteiger partial charge on any atom is 0.313 e. The van der Waals surface area contributed by atoms with Crippen LogP contribution >= 0.6 is 0 Å². The van der Waals surface area contributed by atoms with Crippen molar-refractivity contribution in [3.63, 3.8) is 0 Å². The zero-order chi connectivity index (χ0) is 24.5. The van der Waals surface area contributed by atoms with Gasteiger partial charge in [-0.15, -0.1) is 0 Å². The van der Waals surface area contributed by atoms with Crippen molar-refractivity contribution in [2.45, 2.75) is 44.8 Å². The molecule has 3 aromatic rings. The summed E-state index contributed by atoms with van der Waals surface area (Å²) in [5.41, 5.74) is 2.88. The van der Waals surface area contributed by atoms with Gasteiger partial charge in [0.15, 0.2) is 0 Å². The number of aromatic nitrogens is 1. The molecule has 0 saturated carbocycles. The maximum absolute atomic E-state index is 14.9. The third-order valence-electron chi connectivity index (χ3n) is 6.86. The molecule has 2 aliphatic heterocycles. The molecule has 35 heavy (non-hydrogen) atoms. The first kappa shape index (κ1) is 23.4. The van der Waals surface area contributed by atoms with Gasteiger partial charge in [-0.3, -0.25) is 9.59 Å². The highest BCUT2D eigenvalue weighted by atomic mass is 19.1. The highest BCUT2D eigenvalue weighted by Gasteiger charge is 2.30. The Balaban J connectivity index is 1.23. The number of carbonyl (C=O) groups excluding carboxylic acids is 2. The summed E-state index contributed by atoms with van der Waals surface area (Å²) < 4.78 is 20.6. The molecule has 2 amide bonds. The number of halogens is 1. The van der Waals surface area contributed by atoms with Crippen molar-refractivity contribution in [1.82, 2.24) is 9.88 Å². The van der Waals surface area contributed by atoms with Crippen LogP contribution in [0, 0.1) is 5.82 Å². The van der Waals surface area contributed by atoms with Gasteiger partial charge in [0.25, 0.3) is 0 Å². The summed E-state index contributed by atoms with van der Waals surface area (Å²) in [5.74, 6) is -1.63. The molecule has 2 saturated heterocycles. The van der Waals surface area contributed by atoms with Crippen LogP contribution in [0.15, 0.2) is 48.5 Å². The second-order valence-electron chi connectivity index (χ2n) is 9.68. The Bertz CT molecular complexity index is 1200. The minimum absolute atomic E-state index is 0.00730. The predicted octanol–water partition coefficient (Wildman–Crippen LogP) is 4.27. The van der Waals surface area contributed by atoms with Gasteiger partial charge in [-0.2, -0.15) is 0 Å². The Labute approximate surface area is 204 Å². The number of carbonyl (C=O) groups is 2.